The van der Waals surface area contributed by atoms with Gasteiger partial charge >= 0.3 is 6.18 Å². The molecule has 0 saturated carbocycles. The van der Waals surface area contributed by atoms with Crippen LogP contribution in [0.15, 0.2) is 5.38 Å². The van der Waals surface area contributed by atoms with Crippen LogP contribution in [0.4, 0.5) is 13.2 Å². The molecule has 0 fully saturated rings. The van der Waals surface area contributed by atoms with E-state index in [4.69, 9.17) is 5.73 Å². The van der Waals surface area contributed by atoms with Crippen molar-refractivity contribution in [2.75, 3.05) is 0 Å². The van der Waals surface area contributed by atoms with Crippen molar-refractivity contribution in [2.45, 2.75) is 31.5 Å². The Labute approximate surface area is 83.7 Å². The highest BCUT2D eigenvalue weighted by Crippen LogP contribution is 2.39. The maximum Gasteiger partial charge on any atom is 0.417 e. The number of hydrogen-bond donors (Lipinski definition) is 1. The molecule has 0 aliphatic heterocycles. The molecular formula is C9H10F3NS. The average molecular weight is 221 g/mol. The number of alkyl halides is 3. The van der Waals surface area contributed by atoms with Crippen LogP contribution in [0.1, 0.15) is 22.4 Å². The number of nitrogens with two attached hydrogens (primary N) is 1. The van der Waals surface area contributed by atoms with E-state index >= 15 is 0 Å². The summed E-state index contributed by atoms with van der Waals surface area (Å²) in [6, 6.07) is 0.0298. The number of halogens is 3. The van der Waals surface area contributed by atoms with Gasteiger partial charge in [0.25, 0.3) is 0 Å². The van der Waals surface area contributed by atoms with Gasteiger partial charge in [-0.3, -0.25) is 0 Å². The molecule has 2 rings (SSSR count). The van der Waals surface area contributed by atoms with Crippen molar-refractivity contribution in [1.29, 1.82) is 0 Å². The van der Waals surface area contributed by atoms with Crippen molar-refractivity contribution in [2.24, 2.45) is 5.73 Å². The SMILES string of the molecule is N[C@@H]1CCc2c(C(F)(F)F)csc2C1. The van der Waals surface area contributed by atoms with Crippen molar-refractivity contribution in [3.05, 3.63) is 21.4 Å². The van der Waals surface area contributed by atoms with E-state index in [0.29, 0.717) is 24.8 Å². The monoisotopic (exact) mass is 221 g/mol. The third kappa shape index (κ3) is 1.66. The fourth-order valence-electron chi connectivity index (χ4n) is 1.78. The second kappa shape index (κ2) is 3.24. The first-order valence-corrected chi connectivity index (χ1v) is 5.28. The Balaban J connectivity index is 2.38. The largest absolute Gasteiger partial charge is 0.417 e. The molecule has 14 heavy (non-hydrogen) atoms. The van der Waals surface area contributed by atoms with Gasteiger partial charge in [-0.1, -0.05) is 0 Å². The maximum absolute atomic E-state index is 12.5. The first-order valence-electron chi connectivity index (χ1n) is 4.40. The number of hydrogen-bond acceptors (Lipinski definition) is 2. The van der Waals surface area contributed by atoms with Gasteiger partial charge < -0.3 is 5.73 Å². The van der Waals surface area contributed by atoms with Crippen LogP contribution in [-0.2, 0) is 19.0 Å². The van der Waals surface area contributed by atoms with Crippen molar-refractivity contribution in [3.8, 4) is 0 Å². The molecule has 1 aromatic heterocycles. The number of fused-ring (bicyclic) bond motifs is 1. The zero-order valence-corrected chi connectivity index (χ0v) is 8.21. The Morgan fingerprint density at radius 3 is 2.79 bits per heavy atom. The van der Waals surface area contributed by atoms with Crippen LogP contribution in [0.3, 0.4) is 0 Å². The van der Waals surface area contributed by atoms with E-state index in [-0.39, 0.29) is 6.04 Å². The third-order valence-electron chi connectivity index (χ3n) is 2.50. The molecule has 1 nitrogen and oxygen atoms in total. The smallest absolute Gasteiger partial charge is 0.327 e. The van der Waals surface area contributed by atoms with Gasteiger partial charge in [0.15, 0.2) is 0 Å². The van der Waals surface area contributed by atoms with Crippen molar-refractivity contribution < 1.29 is 13.2 Å². The standard InChI is InChI=1S/C9H10F3NS/c10-9(11,12)7-4-14-8-3-5(13)1-2-6(7)8/h4-5H,1-3,13H2/t5-/m1/s1. The van der Waals surface area contributed by atoms with Crippen LogP contribution in [0.2, 0.25) is 0 Å². The van der Waals surface area contributed by atoms with Gasteiger partial charge in [0.2, 0.25) is 0 Å². The number of thiophene rings is 1. The topological polar surface area (TPSA) is 26.0 Å². The molecule has 2 N–H and O–H groups in total. The second-order valence-corrected chi connectivity index (χ2v) is 4.52. The normalized spacial score (nSPS) is 22.1. The van der Waals surface area contributed by atoms with Gasteiger partial charge in [0, 0.05) is 16.3 Å². The Kier molecular flexibility index (Phi) is 2.31. The van der Waals surface area contributed by atoms with Crippen LogP contribution in [0.25, 0.3) is 0 Å². The van der Waals surface area contributed by atoms with Crippen molar-refractivity contribution in [3.63, 3.8) is 0 Å². The minimum Gasteiger partial charge on any atom is -0.327 e. The average Bonchev–Trinajstić information content (AvgIpc) is 2.45. The Bertz CT molecular complexity index is 342. The second-order valence-electron chi connectivity index (χ2n) is 3.55. The summed E-state index contributed by atoms with van der Waals surface area (Å²) in [6.45, 7) is 0. The van der Waals surface area contributed by atoms with E-state index in [9.17, 15) is 13.2 Å². The molecule has 1 aliphatic rings. The van der Waals surface area contributed by atoms with Crippen LogP contribution >= 0.6 is 11.3 Å². The predicted molar refractivity (Wildman–Crippen MR) is 49.3 cm³/mol. The summed E-state index contributed by atoms with van der Waals surface area (Å²) < 4.78 is 37.4. The molecule has 1 aliphatic carbocycles. The predicted octanol–water partition coefficient (Wildman–Crippen LogP) is 2.58. The van der Waals surface area contributed by atoms with Gasteiger partial charge in [0.05, 0.1) is 5.56 Å². The fourth-order valence-corrected chi connectivity index (χ4v) is 2.98. The summed E-state index contributed by atoms with van der Waals surface area (Å²) in [6.07, 6.45) is -2.48. The third-order valence-corrected chi connectivity index (χ3v) is 3.55. The molecular weight excluding hydrogens is 211 g/mol. The summed E-state index contributed by atoms with van der Waals surface area (Å²) in [4.78, 5) is 0.816. The molecule has 1 atom stereocenters. The molecule has 0 aromatic carbocycles. The van der Waals surface area contributed by atoms with Crippen LogP contribution in [-0.4, -0.2) is 6.04 Å². The summed E-state index contributed by atoms with van der Waals surface area (Å²) in [5.41, 5.74) is 5.72. The van der Waals surface area contributed by atoms with Crippen molar-refractivity contribution in [1.82, 2.24) is 0 Å². The molecule has 0 unspecified atom stereocenters. The molecule has 1 aromatic rings. The summed E-state index contributed by atoms with van der Waals surface area (Å²) in [5.74, 6) is 0. The highest BCUT2D eigenvalue weighted by Gasteiger charge is 2.36. The minimum atomic E-state index is -4.20. The molecule has 78 valence electrons. The van der Waals surface area contributed by atoms with Gasteiger partial charge in [0.1, 0.15) is 0 Å². The fraction of sp³-hybridized carbons (Fsp3) is 0.556. The van der Waals surface area contributed by atoms with E-state index in [0.717, 1.165) is 4.88 Å². The van der Waals surface area contributed by atoms with Crippen LogP contribution < -0.4 is 5.73 Å². The van der Waals surface area contributed by atoms with E-state index in [1.807, 2.05) is 0 Å². The zero-order chi connectivity index (χ0) is 10.3. The first-order chi connectivity index (χ1) is 6.48. The summed E-state index contributed by atoms with van der Waals surface area (Å²) in [7, 11) is 0. The Morgan fingerprint density at radius 1 is 1.43 bits per heavy atom. The highest BCUT2D eigenvalue weighted by molar-refractivity contribution is 7.10. The molecule has 0 saturated heterocycles. The molecule has 0 spiro atoms. The Morgan fingerprint density at radius 2 is 2.14 bits per heavy atom. The van der Waals surface area contributed by atoms with Crippen LogP contribution in [0, 0.1) is 0 Å². The lowest BCUT2D eigenvalue weighted by Crippen LogP contribution is -2.27. The molecule has 1 heterocycles. The summed E-state index contributed by atoms with van der Waals surface area (Å²) in [5, 5.41) is 1.21. The Hall–Kier alpha value is -0.550. The number of rotatable bonds is 0. The molecule has 0 bridgehead atoms. The maximum atomic E-state index is 12.5. The van der Waals surface area contributed by atoms with E-state index in [2.05, 4.69) is 0 Å². The van der Waals surface area contributed by atoms with Gasteiger partial charge in [-0.2, -0.15) is 13.2 Å². The van der Waals surface area contributed by atoms with Crippen LogP contribution in [0.5, 0.6) is 0 Å². The minimum absolute atomic E-state index is 0.0298. The molecule has 0 radical (unpaired) electrons. The van der Waals surface area contributed by atoms with Gasteiger partial charge in [-0.25, -0.2) is 0 Å². The van der Waals surface area contributed by atoms with E-state index in [1.54, 1.807) is 0 Å². The quantitative estimate of drug-likeness (QED) is 0.716. The lowest BCUT2D eigenvalue weighted by molar-refractivity contribution is -0.138. The first kappa shape index (κ1) is 9.98. The van der Waals surface area contributed by atoms with Crippen molar-refractivity contribution >= 4 is 11.3 Å². The van der Waals surface area contributed by atoms with Gasteiger partial charge in [-0.05, 0) is 24.8 Å². The summed E-state index contributed by atoms with van der Waals surface area (Å²) >= 11 is 1.18. The van der Waals surface area contributed by atoms with E-state index < -0.39 is 11.7 Å². The zero-order valence-electron chi connectivity index (χ0n) is 7.40. The lowest BCUT2D eigenvalue weighted by atomic mass is 9.92. The highest BCUT2D eigenvalue weighted by atomic mass is 32.1. The molecule has 5 heteroatoms. The van der Waals surface area contributed by atoms with Gasteiger partial charge in [-0.15, -0.1) is 11.3 Å². The molecule has 0 amide bonds. The van der Waals surface area contributed by atoms with E-state index in [1.165, 1.54) is 16.7 Å². The lowest BCUT2D eigenvalue weighted by Gasteiger charge is -2.19.